The van der Waals surface area contributed by atoms with Gasteiger partial charge in [0.1, 0.15) is 0 Å². The summed E-state index contributed by atoms with van der Waals surface area (Å²) in [5.74, 6) is 0.487. The number of hydrogen-bond acceptors (Lipinski definition) is 1. The van der Waals surface area contributed by atoms with Gasteiger partial charge in [-0.05, 0) is 85.1 Å². The second kappa shape index (κ2) is 10.1. The van der Waals surface area contributed by atoms with Crippen molar-refractivity contribution in [3.63, 3.8) is 0 Å². The molecular formula is C43H38N2. The molecule has 2 nitrogen and oxygen atoms in total. The maximum atomic E-state index is 2.53. The quantitative estimate of drug-likeness (QED) is 0.205. The first-order valence-electron chi connectivity index (χ1n) is 16.6. The largest absolute Gasteiger partial charge is 0.313 e. The van der Waals surface area contributed by atoms with Crippen molar-refractivity contribution in [1.82, 2.24) is 4.57 Å². The highest BCUT2D eigenvalue weighted by molar-refractivity contribution is 6.11. The van der Waals surface area contributed by atoms with Crippen LogP contribution in [0.25, 0.3) is 38.3 Å². The van der Waals surface area contributed by atoms with Gasteiger partial charge in [0.25, 0.3) is 0 Å². The lowest BCUT2D eigenvalue weighted by atomic mass is 9.79. The molecule has 220 valence electrons. The summed E-state index contributed by atoms with van der Waals surface area (Å²) in [4.78, 5) is 2.53. The Morgan fingerprint density at radius 2 is 1.56 bits per heavy atom. The highest BCUT2D eigenvalue weighted by atomic mass is 15.2. The zero-order valence-electron chi connectivity index (χ0n) is 26.1. The Balaban J connectivity index is 1.29. The first-order chi connectivity index (χ1) is 22.1. The SMILES string of the molecule is CC1(C)C2=CCCC=C2C2CC=C(N(c3ccc4c5ccccc5n(C5=CC=CCC5)c4c3)c3cccc4ccccc34)C=C21. The molecule has 4 aliphatic rings. The van der Waals surface area contributed by atoms with Gasteiger partial charge in [-0.15, -0.1) is 0 Å². The first-order valence-corrected chi connectivity index (χ1v) is 16.6. The van der Waals surface area contributed by atoms with Gasteiger partial charge in [0.15, 0.2) is 0 Å². The fraction of sp³-hybridized carbons (Fsp3) is 0.209. The van der Waals surface area contributed by atoms with Crippen LogP contribution in [0, 0.1) is 11.3 Å². The molecule has 0 amide bonds. The number of para-hydroxylation sites is 1. The first kappa shape index (κ1) is 26.6. The molecule has 1 heterocycles. The number of hydrogen-bond donors (Lipinski definition) is 0. The van der Waals surface area contributed by atoms with Gasteiger partial charge in [-0.1, -0.05) is 110 Å². The molecule has 1 aromatic heterocycles. The van der Waals surface area contributed by atoms with E-state index in [0.717, 1.165) is 32.1 Å². The van der Waals surface area contributed by atoms with E-state index in [2.05, 4.69) is 151 Å². The summed E-state index contributed by atoms with van der Waals surface area (Å²) in [5, 5.41) is 5.15. The number of nitrogens with zero attached hydrogens (tertiary/aromatic N) is 2. The van der Waals surface area contributed by atoms with Gasteiger partial charge >= 0.3 is 0 Å². The molecule has 1 unspecified atom stereocenters. The van der Waals surface area contributed by atoms with Gasteiger partial charge in [-0.25, -0.2) is 0 Å². The second-order valence-corrected chi connectivity index (χ2v) is 13.5. The summed E-state index contributed by atoms with van der Waals surface area (Å²) in [6.07, 6.45) is 22.3. The minimum atomic E-state index is 0.0399. The predicted molar refractivity (Wildman–Crippen MR) is 192 cm³/mol. The maximum absolute atomic E-state index is 2.53. The van der Waals surface area contributed by atoms with Crippen molar-refractivity contribution < 1.29 is 0 Å². The Morgan fingerprint density at radius 1 is 0.756 bits per heavy atom. The molecule has 2 heteroatoms. The molecule has 0 N–H and O–H groups in total. The third kappa shape index (κ3) is 4.01. The van der Waals surface area contributed by atoms with Crippen LogP contribution in [0.2, 0.25) is 0 Å². The summed E-state index contributed by atoms with van der Waals surface area (Å²) >= 11 is 0. The van der Waals surface area contributed by atoms with Crippen LogP contribution in [0.3, 0.4) is 0 Å². The highest BCUT2D eigenvalue weighted by Gasteiger charge is 2.45. The van der Waals surface area contributed by atoms with Crippen LogP contribution in [0.15, 0.2) is 150 Å². The smallest absolute Gasteiger partial charge is 0.0558 e. The van der Waals surface area contributed by atoms with E-state index in [-0.39, 0.29) is 5.41 Å². The van der Waals surface area contributed by atoms with Crippen LogP contribution in [0.4, 0.5) is 11.4 Å². The van der Waals surface area contributed by atoms with E-state index in [1.165, 1.54) is 55.3 Å². The lowest BCUT2D eigenvalue weighted by Crippen LogP contribution is -2.21. The van der Waals surface area contributed by atoms with Gasteiger partial charge < -0.3 is 9.47 Å². The molecule has 0 radical (unpaired) electrons. The lowest BCUT2D eigenvalue weighted by molar-refractivity contribution is 0.540. The normalized spacial score (nSPS) is 20.3. The van der Waals surface area contributed by atoms with Crippen molar-refractivity contribution >= 4 is 49.7 Å². The molecule has 0 spiro atoms. The molecule has 0 bridgehead atoms. The van der Waals surface area contributed by atoms with Crippen LogP contribution in [-0.4, -0.2) is 4.57 Å². The molecule has 1 saturated carbocycles. The number of aromatic nitrogens is 1. The third-order valence-electron chi connectivity index (χ3n) is 10.7. The number of benzene rings is 4. The van der Waals surface area contributed by atoms with E-state index >= 15 is 0 Å². The van der Waals surface area contributed by atoms with Crippen molar-refractivity contribution in [3.05, 3.63) is 150 Å². The standard InChI is InChI=1S/C43H38N2/c1-43(2)38-20-10-8-18-34(38)35-25-23-31(27-39(35)43)44(40-22-12-14-29-13-6-7-17-33(29)40)32-24-26-37-36-19-9-11-21-41(36)45(42(37)28-32)30-15-4-3-5-16-30/h3-4,6-7,9,11-15,17-24,26-28,35H,5,8,10,16,25H2,1-2H3. The van der Waals surface area contributed by atoms with E-state index in [4.69, 9.17) is 0 Å². The molecular weight excluding hydrogens is 544 g/mol. The fourth-order valence-electron chi connectivity index (χ4n) is 8.56. The van der Waals surface area contributed by atoms with Gasteiger partial charge in [-0.3, -0.25) is 0 Å². The number of fused-ring (bicyclic) bond motifs is 7. The van der Waals surface area contributed by atoms with E-state index in [1.807, 2.05) is 0 Å². The minimum absolute atomic E-state index is 0.0399. The highest BCUT2D eigenvalue weighted by Crippen LogP contribution is 2.58. The maximum Gasteiger partial charge on any atom is 0.0558 e. The summed E-state index contributed by atoms with van der Waals surface area (Å²) in [6.45, 7) is 4.87. The van der Waals surface area contributed by atoms with Crippen LogP contribution >= 0.6 is 0 Å². The second-order valence-electron chi connectivity index (χ2n) is 13.5. The van der Waals surface area contributed by atoms with Crippen molar-refractivity contribution in [3.8, 4) is 0 Å². The van der Waals surface area contributed by atoms with Gasteiger partial charge in [0.2, 0.25) is 0 Å². The summed E-state index contributed by atoms with van der Waals surface area (Å²) in [7, 11) is 0. The Hall–Kier alpha value is -4.82. The van der Waals surface area contributed by atoms with Crippen molar-refractivity contribution in [2.75, 3.05) is 4.90 Å². The molecule has 0 saturated heterocycles. The summed E-state index contributed by atoms with van der Waals surface area (Å²) in [6, 6.07) is 31.6. The van der Waals surface area contributed by atoms with E-state index in [1.54, 1.807) is 16.7 Å². The fourth-order valence-corrected chi connectivity index (χ4v) is 8.56. The minimum Gasteiger partial charge on any atom is -0.313 e. The lowest BCUT2D eigenvalue weighted by Gasteiger charge is -2.33. The third-order valence-corrected chi connectivity index (χ3v) is 10.7. The van der Waals surface area contributed by atoms with Crippen LogP contribution in [0.5, 0.6) is 0 Å². The Labute approximate surface area is 265 Å². The van der Waals surface area contributed by atoms with Gasteiger partial charge in [0, 0.05) is 44.6 Å². The van der Waals surface area contributed by atoms with E-state index in [9.17, 15) is 0 Å². The Bertz CT molecular complexity index is 2220. The predicted octanol–water partition coefficient (Wildman–Crippen LogP) is 11.8. The van der Waals surface area contributed by atoms with Gasteiger partial charge in [-0.2, -0.15) is 0 Å². The molecule has 1 fully saturated rings. The van der Waals surface area contributed by atoms with Crippen LogP contribution in [-0.2, 0) is 0 Å². The monoisotopic (exact) mass is 582 g/mol. The Kier molecular flexibility index (Phi) is 5.97. The summed E-state index contributed by atoms with van der Waals surface area (Å²) < 4.78 is 2.51. The van der Waals surface area contributed by atoms with E-state index < -0.39 is 0 Å². The van der Waals surface area contributed by atoms with Gasteiger partial charge in [0.05, 0.1) is 16.7 Å². The molecule has 9 rings (SSSR count). The average molecular weight is 583 g/mol. The molecule has 0 aliphatic heterocycles. The molecule has 1 atom stereocenters. The summed E-state index contributed by atoms with van der Waals surface area (Å²) in [5.41, 5.74) is 12.3. The topological polar surface area (TPSA) is 8.17 Å². The number of anilines is 2. The average Bonchev–Trinajstić information content (AvgIpc) is 3.54. The molecule has 4 aliphatic carbocycles. The zero-order valence-corrected chi connectivity index (χ0v) is 26.1. The van der Waals surface area contributed by atoms with Crippen molar-refractivity contribution in [1.29, 1.82) is 0 Å². The van der Waals surface area contributed by atoms with Crippen LogP contribution < -0.4 is 4.90 Å². The number of rotatable bonds is 4. The molecule has 45 heavy (non-hydrogen) atoms. The zero-order chi connectivity index (χ0) is 30.1. The van der Waals surface area contributed by atoms with E-state index in [0.29, 0.717) is 5.92 Å². The molecule has 4 aromatic carbocycles. The Morgan fingerprint density at radius 3 is 2.44 bits per heavy atom. The molecule has 5 aromatic rings. The van der Waals surface area contributed by atoms with Crippen LogP contribution in [0.1, 0.15) is 46.0 Å². The van der Waals surface area contributed by atoms with Crippen molar-refractivity contribution in [2.24, 2.45) is 11.3 Å². The van der Waals surface area contributed by atoms with Crippen molar-refractivity contribution in [2.45, 2.75) is 46.0 Å². The number of allylic oxidation sites excluding steroid dienone is 11.